The molecule has 0 N–H and O–H groups in total. The van der Waals surface area contributed by atoms with E-state index in [4.69, 9.17) is 14.5 Å². The van der Waals surface area contributed by atoms with Crippen LogP contribution in [0.5, 0.6) is 5.75 Å². The van der Waals surface area contributed by atoms with Crippen LogP contribution >= 0.6 is 0 Å². The number of anilines is 1. The third kappa shape index (κ3) is 3.15. The maximum absolute atomic E-state index is 5.93. The third-order valence-electron chi connectivity index (χ3n) is 5.39. The van der Waals surface area contributed by atoms with E-state index in [0.717, 1.165) is 49.9 Å². The molecule has 2 aliphatic rings. The summed E-state index contributed by atoms with van der Waals surface area (Å²) in [7, 11) is 5.67. The Kier molecular flexibility index (Phi) is 4.54. The summed E-state index contributed by atoms with van der Waals surface area (Å²) >= 11 is 0. The highest BCUT2D eigenvalue weighted by atomic mass is 16.5. The largest absolute Gasteiger partial charge is 0.497 e. The molecule has 6 nitrogen and oxygen atoms in total. The Labute approximate surface area is 154 Å². The number of ether oxygens (including phenoxy) is 2. The fraction of sp³-hybridized carbons (Fsp3) is 0.500. The van der Waals surface area contributed by atoms with Gasteiger partial charge in [-0.2, -0.15) is 0 Å². The van der Waals surface area contributed by atoms with Gasteiger partial charge in [-0.05, 0) is 30.7 Å². The van der Waals surface area contributed by atoms with Gasteiger partial charge in [-0.1, -0.05) is 12.1 Å². The zero-order chi connectivity index (χ0) is 18.1. The first-order valence-corrected chi connectivity index (χ1v) is 9.06. The number of hydrogen-bond donors (Lipinski definition) is 0. The van der Waals surface area contributed by atoms with E-state index in [1.54, 1.807) is 7.11 Å². The Morgan fingerprint density at radius 1 is 1.27 bits per heavy atom. The zero-order valence-corrected chi connectivity index (χ0v) is 15.7. The third-order valence-corrected chi connectivity index (χ3v) is 5.39. The quantitative estimate of drug-likeness (QED) is 0.839. The van der Waals surface area contributed by atoms with Crippen molar-refractivity contribution in [2.24, 2.45) is 0 Å². The van der Waals surface area contributed by atoms with Crippen LogP contribution in [-0.2, 0) is 23.3 Å². The predicted molar refractivity (Wildman–Crippen MR) is 101 cm³/mol. The highest BCUT2D eigenvalue weighted by Crippen LogP contribution is 2.39. The van der Waals surface area contributed by atoms with Crippen LogP contribution in [0.15, 0.2) is 30.5 Å². The van der Waals surface area contributed by atoms with E-state index in [2.05, 4.69) is 22.0 Å². The predicted octanol–water partition coefficient (Wildman–Crippen LogP) is 2.23. The van der Waals surface area contributed by atoms with Gasteiger partial charge in [0, 0.05) is 38.9 Å². The molecule has 0 aliphatic carbocycles. The average Bonchev–Trinajstić information content (AvgIpc) is 3.05. The lowest BCUT2D eigenvalue weighted by Crippen LogP contribution is -2.40. The first-order chi connectivity index (χ1) is 12.6. The normalized spacial score (nSPS) is 22.4. The summed E-state index contributed by atoms with van der Waals surface area (Å²) in [6.45, 7) is 4.31. The van der Waals surface area contributed by atoms with Gasteiger partial charge in [0.25, 0.3) is 0 Å². The number of rotatable bonds is 4. The molecule has 3 heterocycles. The number of methoxy groups -OCH3 is 1. The Bertz CT molecular complexity index is 778. The summed E-state index contributed by atoms with van der Waals surface area (Å²) in [4.78, 5) is 13.8. The number of benzene rings is 1. The maximum Gasteiger partial charge on any atom is 0.225 e. The van der Waals surface area contributed by atoms with Gasteiger partial charge in [-0.3, -0.25) is 4.90 Å². The van der Waals surface area contributed by atoms with Gasteiger partial charge in [0.1, 0.15) is 5.75 Å². The molecule has 1 aromatic heterocycles. The summed E-state index contributed by atoms with van der Waals surface area (Å²) in [5, 5.41) is 0. The van der Waals surface area contributed by atoms with Gasteiger partial charge in [0.05, 0.1) is 31.4 Å². The van der Waals surface area contributed by atoms with Gasteiger partial charge < -0.3 is 14.4 Å². The van der Waals surface area contributed by atoms with Crippen molar-refractivity contribution < 1.29 is 9.47 Å². The van der Waals surface area contributed by atoms with E-state index in [-0.39, 0.29) is 5.41 Å². The smallest absolute Gasteiger partial charge is 0.225 e. The lowest BCUT2D eigenvalue weighted by atomic mass is 9.80. The zero-order valence-electron chi connectivity index (χ0n) is 15.7. The van der Waals surface area contributed by atoms with E-state index >= 15 is 0 Å². The molecule has 1 saturated heterocycles. The average molecular weight is 354 g/mol. The Hall–Kier alpha value is -2.18. The van der Waals surface area contributed by atoms with Crippen LogP contribution in [0.1, 0.15) is 23.2 Å². The summed E-state index contributed by atoms with van der Waals surface area (Å²) in [5.74, 6) is 1.67. The van der Waals surface area contributed by atoms with Crippen molar-refractivity contribution >= 4 is 5.95 Å². The Morgan fingerprint density at radius 2 is 2.08 bits per heavy atom. The first-order valence-electron chi connectivity index (χ1n) is 9.06. The van der Waals surface area contributed by atoms with Gasteiger partial charge >= 0.3 is 0 Å². The van der Waals surface area contributed by atoms with Gasteiger partial charge in [0.2, 0.25) is 5.95 Å². The van der Waals surface area contributed by atoms with E-state index in [1.165, 1.54) is 11.3 Å². The van der Waals surface area contributed by atoms with Crippen molar-refractivity contribution in [1.29, 1.82) is 0 Å². The topological polar surface area (TPSA) is 50.7 Å². The van der Waals surface area contributed by atoms with Crippen molar-refractivity contribution in [2.75, 3.05) is 45.8 Å². The molecule has 0 unspecified atom stereocenters. The summed E-state index contributed by atoms with van der Waals surface area (Å²) in [5.41, 5.74) is 3.60. The fourth-order valence-corrected chi connectivity index (χ4v) is 4.00. The second kappa shape index (κ2) is 6.85. The molecule has 2 aliphatic heterocycles. The molecule has 0 radical (unpaired) electrons. The summed E-state index contributed by atoms with van der Waals surface area (Å²) in [6.07, 6.45) is 3.00. The number of fused-ring (bicyclic) bond motifs is 2. The van der Waals surface area contributed by atoms with Crippen LogP contribution in [-0.4, -0.2) is 55.8 Å². The minimum absolute atomic E-state index is 0.0201. The molecule has 4 rings (SSSR count). The van der Waals surface area contributed by atoms with Crippen LogP contribution in [0, 0.1) is 0 Å². The lowest BCUT2D eigenvalue weighted by Gasteiger charge is -2.34. The second-order valence-electron chi connectivity index (χ2n) is 7.52. The lowest BCUT2D eigenvalue weighted by molar-refractivity contribution is 0.0503. The number of likely N-dealkylation sites (tertiary alicyclic amines) is 1. The van der Waals surface area contributed by atoms with Crippen LogP contribution in [0.2, 0.25) is 0 Å². The first kappa shape index (κ1) is 17.2. The van der Waals surface area contributed by atoms with Crippen LogP contribution < -0.4 is 9.64 Å². The highest BCUT2D eigenvalue weighted by Gasteiger charge is 2.44. The van der Waals surface area contributed by atoms with Crippen molar-refractivity contribution in [3.8, 4) is 5.75 Å². The molecule has 0 bridgehead atoms. The van der Waals surface area contributed by atoms with Crippen molar-refractivity contribution in [1.82, 2.24) is 14.9 Å². The van der Waals surface area contributed by atoms with Crippen LogP contribution in [0.3, 0.4) is 0 Å². The standard InChI is InChI=1S/C20H26N4O2/c1-23(2)19-21-10-16-12-26-14-20(18(16)22-19)8-9-24(13-20)11-15-4-6-17(25-3)7-5-15/h4-7,10H,8-9,11-14H2,1-3H3/t20-/m0/s1. The minimum Gasteiger partial charge on any atom is -0.497 e. The van der Waals surface area contributed by atoms with E-state index in [1.807, 2.05) is 37.3 Å². The van der Waals surface area contributed by atoms with Crippen LogP contribution in [0.25, 0.3) is 0 Å². The molecule has 2 aromatic rings. The van der Waals surface area contributed by atoms with Crippen molar-refractivity contribution in [3.63, 3.8) is 0 Å². The van der Waals surface area contributed by atoms with Crippen molar-refractivity contribution in [2.45, 2.75) is 25.0 Å². The molecule has 138 valence electrons. The Balaban J connectivity index is 1.55. The second-order valence-corrected chi connectivity index (χ2v) is 7.52. The van der Waals surface area contributed by atoms with Gasteiger partial charge in [0.15, 0.2) is 0 Å². The SMILES string of the molecule is COc1ccc(CN2CC[C@@]3(COCc4cnc(N(C)C)nc43)C2)cc1. The molecule has 26 heavy (non-hydrogen) atoms. The van der Waals surface area contributed by atoms with Crippen LogP contribution in [0.4, 0.5) is 5.95 Å². The Morgan fingerprint density at radius 3 is 2.81 bits per heavy atom. The maximum atomic E-state index is 5.93. The molecular weight excluding hydrogens is 328 g/mol. The molecule has 1 atom stereocenters. The molecule has 1 spiro atoms. The summed E-state index contributed by atoms with van der Waals surface area (Å²) < 4.78 is 11.2. The van der Waals surface area contributed by atoms with Gasteiger partial charge in [-0.25, -0.2) is 9.97 Å². The summed E-state index contributed by atoms with van der Waals surface area (Å²) in [6, 6.07) is 8.33. The number of aromatic nitrogens is 2. The van der Waals surface area contributed by atoms with E-state index < -0.39 is 0 Å². The molecule has 1 aromatic carbocycles. The molecule has 6 heteroatoms. The van der Waals surface area contributed by atoms with E-state index in [0.29, 0.717) is 6.61 Å². The molecule has 0 amide bonds. The molecular formula is C20H26N4O2. The molecule has 1 fully saturated rings. The van der Waals surface area contributed by atoms with E-state index in [9.17, 15) is 0 Å². The van der Waals surface area contributed by atoms with Gasteiger partial charge in [-0.15, -0.1) is 0 Å². The minimum atomic E-state index is -0.0201. The monoisotopic (exact) mass is 354 g/mol. The number of hydrogen-bond acceptors (Lipinski definition) is 6. The number of nitrogens with zero attached hydrogens (tertiary/aromatic N) is 4. The van der Waals surface area contributed by atoms with Crippen molar-refractivity contribution in [3.05, 3.63) is 47.3 Å². The molecule has 0 saturated carbocycles. The highest BCUT2D eigenvalue weighted by molar-refractivity contribution is 5.37. The fourth-order valence-electron chi connectivity index (χ4n) is 4.00.